The molecule has 3 rings (SSSR count). The summed E-state index contributed by atoms with van der Waals surface area (Å²) in [6.45, 7) is 3.58. The van der Waals surface area contributed by atoms with Crippen molar-refractivity contribution in [3.8, 4) is 5.75 Å². The van der Waals surface area contributed by atoms with E-state index in [1.165, 1.54) is 12.1 Å². The van der Waals surface area contributed by atoms with Gasteiger partial charge in [-0.25, -0.2) is 4.39 Å². The summed E-state index contributed by atoms with van der Waals surface area (Å²) in [5, 5.41) is 9.21. The predicted molar refractivity (Wildman–Crippen MR) is 79.1 cm³/mol. The SMILES string of the molecule is CN1C[C@H]2COC[C@@H]1CN(C(=O)Cc1ccc(O)c(F)c1)C2. The number of hydrogen-bond acceptors (Lipinski definition) is 4. The predicted octanol–water partition coefficient (Wildman–Crippen LogP) is 0.863. The molecule has 1 aromatic carbocycles. The van der Waals surface area contributed by atoms with Gasteiger partial charge in [0.2, 0.25) is 5.91 Å². The molecule has 1 aromatic rings. The van der Waals surface area contributed by atoms with Crippen LogP contribution in [0.1, 0.15) is 5.56 Å². The summed E-state index contributed by atoms with van der Waals surface area (Å²) in [6, 6.07) is 4.31. The Hall–Kier alpha value is -1.66. The van der Waals surface area contributed by atoms with Crippen LogP contribution in [0.2, 0.25) is 0 Å². The Morgan fingerprint density at radius 1 is 1.36 bits per heavy atom. The van der Waals surface area contributed by atoms with Crippen LogP contribution in [0.3, 0.4) is 0 Å². The minimum Gasteiger partial charge on any atom is -0.505 e. The number of benzene rings is 1. The summed E-state index contributed by atoms with van der Waals surface area (Å²) >= 11 is 0. The molecule has 0 aromatic heterocycles. The molecule has 0 radical (unpaired) electrons. The third-order valence-corrected chi connectivity index (χ3v) is 4.46. The molecule has 2 aliphatic rings. The van der Waals surface area contributed by atoms with Crippen molar-refractivity contribution < 1.29 is 19.0 Å². The van der Waals surface area contributed by atoms with E-state index in [9.17, 15) is 14.3 Å². The molecule has 0 unspecified atom stereocenters. The van der Waals surface area contributed by atoms with Gasteiger partial charge < -0.3 is 14.7 Å². The van der Waals surface area contributed by atoms with Gasteiger partial charge in [0.15, 0.2) is 11.6 Å². The lowest BCUT2D eigenvalue weighted by Crippen LogP contribution is -2.45. The average molecular weight is 308 g/mol. The van der Waals surface area contributed by atoms with Crippen molar-refractivity contribution in [2.24, 2.45) is 5.92 Å². The number of ether oxygens (including phenoxy) is 1. The van der Waals surface area contributed by atoms with Crippen LogP contribution in [-0.4, -0.2) is 66.8 Å². The van der Waals surface area contributed by atoms with E-state index in [0.29, 0.717) is 37.8 Å². The normalized spacial score (nSPS) is 25.8. The molecule has 0 saturated carbocycles. The van der Waals surface area contributed by atoms with Gasteiger partial charge in [-0.1, -0.05) is 6.07 Å². The highest BCUT2D eigenvalue weighted by Crippen LogP contribution is 2.20. The molecule has 5 nitrogen and oxygen atoms in total. The highest BCUT2D eigenvalue weighted by Gasteiger charge is 2.33. The van der Waals surface area contributed by atoms with Crippen molar-refractivity contribution in [1.82, 2.24) is 9.80 Å². The van der Waals surface area contributed by atoms with Crippen LogP contribution >= 0.6 is 0 Å². The number of halogens is 1. The maximum Gasteiger partial charge on any atom is 0.227 e. The van der Waals surface area contributed by atoms with Gasteiger partial charge in [0.1, 0.15) is 0 Å². The van der Waals surface area contributed by atoms with Crippen LogP contribution in [0.25, 0.3) is 0 Å². The second-order valence-corrected chi connectivity index (χ2v) is 6.26. The highest BCUT2D eigenvalue weighted by molar-refractivity contribution is 5.79. The fourth-order valence-electron chi connectivity index (χ4n) is 3.20. The second-order valence-electron chi connectivity index (χ2n) is 6.26. The topological polar surface area (TPSA) is 53.0 Å². The molecule has 2 atom stereocenters. The van der Waals surface area contributed by atoms with E-state index in [-0.39, 0.29) is 24.1 Å². The third kappa shape index (κ3) is 3.23. The number of nitrogens with zero attached hydrogens (tertiary/aromatic N) is 2. The molecular weight excluding hydrogens is 287 g/mol. The summed E-state index contributed by atoms with van der Waals surface area (Å²) in [5.74, 6) is -0.763. The van der Waals surface area contributed by atoms with Crippen molar-refractivity contribution in [3.63, 3.8) is 0 Å². The maximum atomic E-state index is 13.4. The van der Waals surface area contributed by atoms with Gasteiger partial charge in [-0.05, 0) is 24.7 Å². The molecule has 0 spiro atoms. The van der Waals surface area contributed by atoms with Crippen LogP contribution in [0.4, 0.5) is 4.39 Å². The number of amides is 1. The van der Waals surface area contributed by atoms with Crippen LogP contribution in [0, 0.1) is 11.7 Å². The molecule has 2 saturated heterocycles. The number of likely N-dealkylation sites (N-methyl/N-ethyl adjacent to an activating group) is 1. The standard InChI is InChI=1S/C16H21FN2O3/c1-18-6-12-7-19(8-13(18)10-22-9-12)16(21)5-11-2-3-15(20)14(17)4-11/h2-4,12-13,20H,5-10H2,1H3/t12-,13+/m1/s1. The zero-order valence-corrected chi connectivity index (χ0v) is 12.7. The number of fused-ring (bicyclic) bond motifs is 3. The lowest BCUT2D eigenvalue weighted by molar-refractivity contribution is -0.132. The van der Waals surface area contributed by atoms with Crippen molar-refractivity contribution in [2.75, 3.05) is 39.9 Å². The zero-order valence-electron chi connectivity index (χ0n) is 12.7. The van der Waals surface area contributed by atoms with Gasteiger partial charge in [0, 0.05) is 25.6 Å². The number of carbonyl (C=O) groups excluding carboxylic acids is 1. The first kappa shape index (κ1) is 15.2. The fraction of sp³-hybridized carbons (Fsp3) is 0.562. The Labute approximate surface area is 129 Å². The van der Waals surface area contributed by atoms with Gasteiger partial charge in [-0.3, -0.25) is 9.69 Å². The number of carbonyl (C=O) groups is 1. The molecule has 2 fully saturated rings. The first-order chi connectivity index (χ1) is 10.5. The van der Waals surface area contributed by atoms with E-state index in [4.69, 9.17) is 4.74 Å². The molecule has 22 heavy (non-hydrogen) atoms. The van der Waals surface area contributed by atoms with Gasteiger partial charge >= 0.3 is 0 Å². The maximum absolute atomic E-state index is 13.4. The van der Waals surface area contributed by atoms with Gasteiger partial charge in [0.25, 0.3) is 0 Å². The molecule has 0 aliphatic carbocycles. The molecule has 1 amide bonds. The minimum absolute atomic E-state index is 0.00251. The van der Waals surface area contributed by atoms with E-state index in [1.807, 2.05) is 4.90 Å². The summed E-state index contributed by atoms with van der Waals surface area (Å²) in [7, 11) is 2.07. The van der Waals surface area contributed by atoms with E-state index < -0.39 is 5.82 Å². The zero-order chi connectivity index (χ0) is 15.7. The molecule has 1 N–H and O–H groups in total. The van der Waals surface area contributed by atoms with Crippen LogP contribution < -0.4 is 0 Å². The van der Waals surface area contributed by atoms with Gasteiger partial charge in [0.05, 0.1) is 25.7 Å². The summed E-state index contributed by atoms with van der Waals surface area (Å²) < 4.78 is 19.0. The average Bonchev–Trinajstić information content (AvgIpc) is 2.71. The monoisotopic (exact) mass is 308 g/mol. The number of aromatic hydroxyl groups is 1. The van der Waals surface area contributed by atoms with Gasteiger partial charge in [-0.15, -0.1) is 0 Å². The van der Waals surface area contributed by atoms with E-state index in [0.717, 1.165) is 6.54 Å². The first-order valence-electron chi connectivity index (χ1n) is 7.56. The van der Waals surface area contributed by atoms with Crippen LogP contribution in [-0.2, 0) is 16.0 Å². The Balaban J connectivity index is 1.70. The van der Waals surface area contributed by atoms with E-state index in [1.54, 1.807) is 6.07 Å². The van der Waals surface area contributed by atoms with E-state index in [2.05, 4.69) is 11.9 Å². The van der Waals surface area contributed by atoms with Crippen molar-refractivity contribution >= 4 is 5.91 Å². The van der Waals surface area contributed by atoms with Crippen LogP contribution in [0.15, 0.2) is 18.2 Å². The van der Waals surface area contributed by atoms with Gasteiger partial charge in [-0.2, -0.15) is 0 Å². The van der Waals surface area contributed by atoms with Crippen molar-refractivity contribution in [3.05, 3.63) is 29.6 Å². The lowest BCUT2D eigenvalue weighted by atomic mass is 10.1. The quantitative estimate of drug-likeness (QED) is 0.880. The highest BCUT2D eigenvalue weighted by atomic mass is 19.1. The summed E-state index contributed by atoms with van der Waals surface area (Å²) in [5.41, 5.74) is 0.583. The molecule has 6 heteroatoms. The van der Waals surface area contributed by atoms with E-state index >= 15 is 0 Å². The smallest absolute Gasteiger partial charge is 0.227 e. The molecule has 2 heterocycles. The second kappa shape index (κ2) is 6.22. The molecule has 2 aliphatic heterocycles. The number of phenols is 1. The lowest BCUT2D eigenvalue weighted by Gasteiger charge is -2.29. The van der Waals surface area contributed by atoms with Crippen molar-refractivity contribution in [1.29, 1.82) is 0 Å². The van der Waals surface area contributed by atoms with Crippen molar-refractivity contribution in [2.45, 2.75) is 12.5 Å². The Morgan fingerprint density at radius 2 is 2.18 bits per heavy atom. The third-order valence-electron chi connectivity index (χ3n) is 4.46. The number of phenolic OH excluding ortho intramolecular Hbond substituents is 1. The first-order valence-corrected chi connectivity index (χ1v) is 7.56. The molecule has 120 valence electrons. The Bertz CT molecular complexity index is 566. The minimum atomic E-state index is -0.689. The Kier molecular flexibility index (Phi) is 4.31. The fourth-order valence-corrected chi connectivity index (χ4v) is 3.20. The number of rotatable bonds is 2. The largest absolute Gasteiger partial charge is 0.505 e. The van der Waals surface area contributed by atoms with Crippen LogP contribution in [0.5, 0.6) is 5.75 Å². The molecule has 2 bridgehead atoms. The number of hydrogen-bond donors (Lipinski definition) is 1. The Morgan fingerprint density at radius 3 is 2.95 bits per heavy atom. The summed E-state index contributed by atoms with van der Waals surface area (Å²) in [4.78, 5) is 16.7. The summed E-state index contributed by atoms with van der Waals surface area (Å²) in [6.07, 6.45) is 0.154. The molecular formula is C16H21FN2O3.